The molecule has 4 N–H and O–H groups in total. The molecule has 3 rings (SSSR count). The van der Waals surface area contributed by atoms with Crippen molar-refractivity contribution in [1.29, 1.82) is 5.41 Å². The molecule has 0 amide bonds. The molecule has 1 aromatic heterocycles. The standard InChI is InChI=1S/C19H24ClN3O4S2/c1-18(11-29(24,25)19(9-26-2,10-27-3)17(22)23-18)16-14(20)8-15(28-16)12-5-4-6-13(21)7-12/h4-8H,9-11,21H2,1-3H3,(H2,22,23)/t18-/m0/s1. The molecule has 29 heavy (non-hydrogen) atoms. The molecule has 0 saturated carbocycles. The van der Waals surface area contributed by atoms with Gasteiger partial charge in [-0.05, 0) is 30.7 Å². The highest BCUT2D eigenvalue weighted by atomic mass is 35.5. The summed E-state index contributed by atoms with van der Waals surface area (Å²) in [5, 5.41) is 12.1. The number of hydrogen-bond donors (Lipinski definition) is 3. The Morgan fingerprint density at radius 3 is 2.48 bits per heavy atom. The maximum Gasteiger partial charge on any atom is 0.175 e. The lowest BCUT2D eigenvalue weighted by molar-refractivity contribution is 0.118. The average molecular weight is 458 g/mol. The fourth-order valence-electron chi connectivity index (χ4n) is 3.63. The van der Waals surface area contributed by atoms with Crippen LogP contribution in [0, 0.1) is 5.41 Å². The van der Waals surface area contributed by atoms with Crippen molar-refractivity contribution in [2.75, 3.05) is 38.9 Å². The van der Waals surface area contributed by atoms with Crippen LogP contribution in [-0.4, -0.2) is 52.2 Å². The maximum absolute atomic E-state index is 13.3. The Morgan fingerprint density at radius 1 is 1.28 bits per heavy atom. The first kappa shape index (κ1) is 22.0. The monoisotopic (exact) mass is 457 g/mol. The van der Waals surface area contributed by atoms with Crippen molar-refractivity contribution in [2.45, 2.75) is 17.2 Å². The Balaban J connectivity index is 2.04. The lowest BCUT2D eigenvalue weighted by atomic mass is 9.99. The minimum absolute atomic E-state index is 0.162. The number of anilines is 1. The number of nitrogens with two attached hydrogens (primary N) is 1. The second kappa shape index (κ2) is 7.88. The third kappa shape index (κ3) is 3.77. The molecule has 1 fully saturated rings. The fraction of sp³-hybridized carbons (Fsp3) is 0.421. The van der Waals surface area contributed by atoms with Gasteiger partial charge in [-0.25, -0.2) is 8.42 Å². The van der Waals surface area contributed by atoms with Crippen molar-refractivity contribution in [3.8, 4) is 10.4 Å². The summed E-state index contributed by atoms with van der Waals surface area (Å²) >= 11 is 7.90. The third-order valence-electron chi connectivity index (χ3n) is 5.04. The predicted molar refractivity (Wildman–Crippen MR) is 118 cm³/mol. The highest BCUT2D eigenvalue weighted by Gasteiger charge is 2.57. The Morgan fingerprint density at radius 2 is 1.93 bits per heavy atom. The van der Waals surface area contributed by atoms with Crippen LogP contribution in [0.1, 0.15) is 11.8 Å². The lowest BCUT2D eigenvalue weighted by Gasteiger charge is -2.45. The Kier molecular flexibility index (Phi) is 5.99. The third-order valence-corrected chi connectivity index (χ3v) is 9.49. The van der Waals surface area contributed by atoms with Gasteiger partial charge < -0.3 is 20.5 Å². The molecule has 1 saturated heterocycles. The van der Waals surface area contributed by atoms with Crippen molar-refractivity contribution in [1.82, 2.24) is 5.32 Å². The second-order valence-corrected chi connectivity index (χ2v) is 11.1. The number of benzene rings is 1. The zero-order valence-corrected chi connectivity index (χ0v) is 18.8. The summed E-state index contributed by atoms with van der Waals surface area (Å²) in [4.78, 5) is 1.52. The van der Waals surface area contributed by atoms with Gasteiger partial charge in [-0.2, -0.15) is 0 Å². The summed E-state index contributed by atoms with van der Waals surface area (Å²) < 4.78 is 35.3. The predicted octanol–water partition coefficient (Wildman–Crippen LogP) is 2.89. The fourth-order valence-corrected chi connectivity index (χ4v) is 7.58. The van der Waals surface area contributed by atoms with E-state index in [2.05, 4.69) is 5.32 Å². The van der Waals surface area contributed by atoms with E-state index in [1.54, 1.807) is 19.1 Å². The first-order chi connectivity index (χ1) is 13.6. The van der Waals surface area contributed by atoms with Gasteiger partial charge in [0, 0.05) is 29.7 Å². The first-order valence-electron chi connectivity index (χ1n) is 8.82. The quantitative estimate of drug-likeness (QED) is 0.574. The number of amidine groups is 1. The molecule has 0 radical (unpaired) electrons. The van der Waals surface area contributed by atoms with Crippen molar-refractivity contribution in [2.24, 2.45) is 0 Å². The molecular weight excluding hydrogens is 434 g/mol. The van der Waals surface area contributed by atoms with Gasteiger partial charge in [0.25, 0.3) is 0 Å². The highest BCUT2D eigenvalue weighted by Crippen LogP contribution is 2.44. The molecule has 0 spiro atoms. The number of nitrogen functional groups attached to an aromatic ring is 1. The number of hydrogen-bond acceptors (Lipinski definition) is 7. The number of halogens is 1. The molecule has 7 nitrogen and oxygen atoms in total. The molecule has 1 atom stereocenters. The van der Waals surface area contributed by atoms with Crippen LogP contribution in [0.5, 0.6) is 0 Å². The number of rotatable bonds is 6. The number of nitrogens with one attached hydrogen (secondary N) is 2. The molecule has 1 aromatic carbocycles. The molecule has 2 aromatic rings. The van der Waals surface area contributed by atoms with Crippen LogP contribution in [-0.2, 0) is 24.8 Å². The first-order valence-corrected chi connectivity index (χ1v) is 11.7. The second-order valence-electron chi connectivity index (χ2n) is 7.36. The van der Waals surface area contributed by atoms with Crippen molar-refractivity contribution >= 4 is 44.3 Å². The van der Waals surface area contributed by atoms with Gasteiger partial charge in [-0.15, -0.1) is 11.3 Å². The number of methoxy groups -OCH3 is 2. The number of thiophene rings is 1. The molecule has 158 valence electrons. The lowest BCUT2D eigenvalue weighted by Crippen LogP contribution is -2.69. The van der Waals surface area contributed by atoms with Crippen molar-refractivity contribution in [3.05, 3.63) is 40.2 Å². The summed E-state index contributed by atoms with van der Waals surface area (Å²) in [5.41, 5.74) is 6.35. The highest BCUT2D eigenvalue weighted by molar-refractivity contribution is 7.93. The van der Waals surface area contributed by atoms with Crippen molar-refractivity contribution in [3.63, 3.8) is 0 Å². The van der Waals surface area contributed by atoms with Gasteiger partial charge in [0.2, 0.25) is 0 Å². The van der Waals surface area contributed by atoms with Crippen LogP contribution in [0.2, 0.25) is 5.02 Å². The Hall–Kier alpha value is -1.65. The zero-order valence-electron chi connectivity index (χ0n) is 16.4. The average Bonchev–Trinajstić information content (AvgIpc) is 3.02. The van der Waals surface area contributed by atoms with E-state index < -0.39 is 20.1 Å². The van der Waals surface area contributed by atoms with E-state index in [0.717, 1.165) is 10.4 Å². The van der Waals surface area contributed by atoms with Gasteiger partial charge in [-0.1, -0.05) is 23.7 Å². The van der Waals surface area contributed by atoms with Gasteiger partial charge >= 0.3 is 0 Å². The van der Waals surface area contributed by atoms with E-state index in [1.165, 1.54) is 25.6 Å². The number of sulfone groups is 1. The zero-order chi connectivity index (χ0) is 21.4. The molecule has 2 heterocycles. The van der Waals surface area contributed by atoms with Crippen LogP contribution < -0.4 is 11.1 Å². The van der Waals surface area contributed by atoms with E-state index in [0.29, 0.717) is 15.6 Å². The van der Waals surface area contributed by atoms with Crippen LogP contribution in [0.3, 0.4) is 0 Å². The van der Waals surface area contributed by atoms with Gasteiger partial charge in [-0.3, -0.25) is 5.41 Å². The van der Waals surface area contributed by atoms with Crippen LogP contribution >= 0.6 is 22.9 Å². The molecule has 0 aliphatic carbocycles. The minimum Gasteiger partial charge on any atom is -0.399 e. The molecule has 0 bridgehead atoms. The summed E-state index contributed by atoms with van der Waals surface area (Å²) in [6, 6.07) is 9.19. The molecule has 0 unspecified atom stereocenters. The summed E-state index contributed by atoms with van der Waals surface area (Å²) in [7, 11) is -0.993. The van der Waals surface area contributed by atoms with E-state index in [-0.39, 0.29) is 24.8 Å². The van der Waals surface area contributed by atoms with Gasteiger partial charge in [0.05, 0.1) is 29.5 Å². The van der Waals surface area contributed by atoms with Crippen LogP contribution in [0.15, 0.2) is 30.3 Å². The van der Waals surface area contributed by atoms with E-state index in [1.807, 2.05) is 18.2 Å². The van der Waals surface area contributed by atoms with E-state index >= 15 is 0 Å². The molecule has 10 heteroatoms. The smallest absolute Gasteiger partial charge is 0.175 e. The molecule has 1 aliphatic rings. The largest absolute Gasteiger partial charge is 0.399 e. The minimum atomic E-state index is -3.80. The molecular formula is C19H24ClN3O4S2. The normalized spacial score (nSPS) is 23.0. The number of ether oxygens (including phenoxy) is 2. The maximum atomic E-state index is 13.3. The Bertz CT molecular complexity index is 1030. The van der Waals surface area contributed by atoms with Gasteiger partial charge in [0.1, 0.15) is 5.84 Å². The van der Waals surface area contributed by atoms with Gasteiger partial charge in [0.15, 0.2) is 14.6 Å². The van der Waals surface area contributed by atoms with E-state index in [9.17, 15) is 8.42 Å². The SMILES string of the molecule is COCC1(COC)C(=N)N[C@](C)(c2sc(-c3cccc(N)c3)cc2Cl)CS1(=O)=O. The Labute approximate surface area is 179 Å². The van der Waals surface area contributed by atoms with Crippen LogP contribution in [0.25, 0.3) is 10.4 Å². The topological polar surface area (TPSA) is 114 Å². The summed E-state index contributed by atoms with van der Waals surface area (Å²) in [5.74, 6) is -0.406. The van der Waals surface area contributed by atoms with Crippen LogP contribution in [0.4, 0.5) is 5.69 Å². The summed E-state index contributed by atoms with van der Waals surface area (Å²) in [6.07, 6.45) is 0. The van der Waals surface area contributed by atoms with E-state index in [4.69, 9.17) is 32.2 Å². The molecule has 1 aliphatic heterocycles. The summed E-state index contributed by atoms with van der Waals surface area (Å²) in [6.45, 7) is 1.40. The van der Waals surface area contributed by atoms with Crippen molar-refractivity contribution < 1.29 is 17.9 Å².